The number of methoxy groups -OCH3 is 1. The molecule has 0 saturated carbocycles. The van der Waals surface area contributed by atoms with Gasteiger partial charge in [-0.3, -0.25) is 4.79 Å². The number of rotatable bonds is 9. The highest BCUT2D eigenvalue weighted by Gasteiger charge is 2.25. The lowest BCUT2D eigenvalue weighted by atomic mass is 10.1. The molecule has 23 heavy (non-hydrogen) atoms. The summed E-state index contributed by atoms with van der Waals surface area (Å²) in [5.74, 6) is -0.109. The van der Waals surface area contributed by atoms with E-state index in [-0.39, 0.29) is 11.2 Å². The second kappa shape index (κ2) is 9.67. The molecule has 5 nitrogen and oxygen atoms in total. The lowest BCUT2D eigenvalue weighted by molar-refractivity contribution is -0.141. The largest absolute Gasteiger partial charge is 0.495 e. The van der Waals surface area contributed by atoms with E-state index in [1.165, 1.54) is 24.9 Å². The van der Waals surface area contributed by atoms with Crippen LogP contribution in [0.5, 0.6) is 5.75 Å². The molecule has 1 aromatic rings. The number of amides is 1. The number of thioether (sulfide) groups is 1. The third kappa shape index (κ3) is 5.95. The maximum Gasteiger partial charge on any atom is 0.330 e. The Balaban J connectivity index is 2.81. The fourth-order valence-corrected chi connectivity index (χ4v) is 3.18. The molecule has 0 aliphatic rings. The molecule has 2 unspecified atom stereocenters. The minimum absolute atomic E-state index is 0.301. The zero-order chi connectivity index (χ0) is 17.4. The Morgan fingerprint density at radius 3 is 2.65 bits per heavy atom. The molecule has 0 spiro atoms. The lowest BCUT2D eigenvalue weighted by Crippen LogP contribution is -2.38. The molecule has 0 bridgehead atoms. The minimum atomic E-state index is -1.14. The predicted octanol–water partition coefficient (Wildman–Crippen LogP) is 3.51. The minimum Gasteiger partial charge on any atom is -0.495 e. The highest BCUT2D eigenvalue weighted by atomic mass is 35.5. The molecule has 128 valence electrons. The molecule has 0 heterocycles. The topological polar surface area (TPSA) is 75.6 Å². The average molecular weight is 360 g/mol. The standard InChI is InChI=1S/C16H22ClNO4S/c1-4-5-8-23-10(2)15(19)18-14(16(20)21)11-6-7-13(22-3)12(17)9-11/h6-7,9-10,14H,4-5,8H2,1-3H3,(H,18,19)(H,20,21). The normalized spacial score (nSPS) is 13.2. The van der Waals surface area contributed by atoms with E-state index in [0.29, 0.717) is 16.3 Å². The van der Waals surface area contributed by atoms with Crippen LogP contribution in [0.15, 0.2) is 18.2 Å². The van der Waals surface area contributed by atoms with Gasteiger partial charge < -0.3 is 15.2 Å². The zero-order valence-electron chi connectivity index (χ0n) is 13.5. The summed E-state index contributed by atoms with van der Waals surface area (Å²) in [6, 6.07) is 3.52. The van der Waals surface area contributed by atoms with Crippen molar-refractivity contribution in [3.05, 3.63) is 28.8 Å². The van der Waals surface area contributed by atoms with E-state index in [1.807, 2.05) is 0 Å². The number of hydrogen-bond donors (Lipinski definition) is 2. The Bertz CT molecular complexity index is 553. The maximum absolute atomic E-state index is 12.2. The SMILES string of the molecule is CCCCSC(C)C(=O)NC(C(=O)O)c1ccc(OC)c(Cl)c1. The van der Waals surface area contributed by atoms with Gasteiger partial charge in [0, 0.05) is 0 Å². The first-order chi connectivity index (χ1) is 10.9. The maximum atomic E-state index is 12.2. The van der Waals surface area contributed by atoms with E-state index in [0.717, 1.165) is 18.6 Å². The number of carboxylic acids is 1. The molecule has 0 aromatic heterocycles. The third-order valence-corrected chi connectivity index (χ3v) is 4.81. The van der Waals surface area contributed by atoms with Crippen LogP contribution in [0.1, 0.15) is 38.3 Å². The van der Waals surface area contributed by atoms with E-state index in [2.05, 4.69) is 12.2 Å². The number of halogens is 1. The van der Waals surface area contributed by atoms with Gasteiger partial charge in [0.1, 0.15) is 5.75 Å². The van der Waals surface area contributed by atoms with Gasteiger partial charge in [-0.25, -0.2) is 4.79 Å². The van der Waals surface area contributed by atoms with Crippen molar-refractivity contribution in [2.24, 2.45) is 0 Å². The van der Waals surface area contributed by atoms with Crippen molar-refractivity contribution < 1.29 is 19.4 Å². The molecule has 0 radical (unpaired) electrons. The first-order valence-corrected chi connectivity index (χ1v) is 8.81. The van der Waals surface area contributed by atoms with Gasteiger partial charge in [-0.15, -0.1) is 11.8 Å². The van der Waals surface area contributed by atoms with E-state index in [1.54, 1.807) is 19.1 Å². The highest BCUT2D eigenvalue weighted by Crippen LogP contribution is 2.28. The first kappa shape index (κ1) is 19.6. The number of benzene rings is 1. The fourth-order valence-electron chi connectivity index (χ4n) is 1.89. The monoisotopic (exact) mass is 359 g/mol. The number of nitrogens with one attached hydrogen (secondary N) is 1. The summed E-state index contributed by atoms with van der Waals surface area (Å²) in [5.41, 5.74) is 0.405. The summed E-state index contributed by atoms with van der Waals surface area (Å²) < 4.78 is 5.04. The van der Waals surface area contributed by atoms with Gasteiger partial charge in [-0.05, 0) is 36.8 Å². The van der Waals surface area contributed by atoms with Gasteiger partial charge in [0.05, 0.1) is 17.4 Å². The highest BCUT2D eigenvalue weighted by molar-refractivity contribution is 8.00. The summed E-state index contributed by atoms with van der Waals surface area (Å²) >= 11 is 7.54. The number of unbranched alkanes of at least 4 members (excludes halogenated alkanes) is 1. The van der Waals surface area contributed by atoms with E-state index >= 15 is 0 Å². The van der Waals surface area contributed by atoms with Crippen LogP contribution in [0.3, 0.4) is 0 Å². The van der Waals surface area contributed by atoms with Crippen molar-refractivity contribution in [1.82, 2.24) is 5.32 Å². The Kier molecular flexibility index (Phi) is 8.26. The van der Waals surface area contributed by atoms with Crippen molar-refractivity contribution in [3.8, 4) is 5.75 Å². The molecule has 0 aliphatic carbocycles. The Labute approximate surface area is 145 Å². The number of carbonyl (C=O) groups is 2. The summed E-state index contributed by atoms with van der Waals surface area (Å²) in [5, 5.41) is 12.0. The molecule has 0 aliphatic heterocycles. The molecule has 1 amide bonds. The number of carboxylic acid groups (broad SMARTS) is 1. The van der Waals surface area contributed by atoms with Crippen molar-refractivity contribution in [2.45, 2.75) is 38.0 Å². The van der Waals surface area contributed by atoms with E-state index in [9.17, 15) is 14.7 Å². The van der Waals surface area contributed by atoms with Crippen molar-refractivity contribution in [1.29, 1.82) is 0 Å². The van der Waals surface area contributed by atoms with Crippen LogP contribution in [-0.2, 0) is 9.59 Å². The van der Waals surface area contributed by atoms with Gasteiger partial charge in [0.25, 0.3) is 0 Å². The molecular weight excluding hydrogens is 338 g/mol. The zero-order valence-corrected chi connectivity index (χ0v) is 15.0. The van der Waals surface area contributed by atoms with E-state index in [4.69, 9.17) is 16.3 Å². The Morgan fingerprint density at radius 2 is 2.13 bits per heavy atom. The van der Waals surface area contributed by atoms with E-state index < -0.39 is 12.0 Å². The molecule has 0 fully saturated rings. The van der Waals surface area contributed by atoms with Crippen LogP contribution >= 0.6 is 23.4 Å². The summed E-state index contributed by atoms with van der Waals surface area (Å²) in [6.07, 6.45) is 2.09. The van der Waals surface area contributed by atoms with Crippen molar-refractivity contribution >= 4 is 35.2 Å². The third-order valence-electron chi connectivity index (χ3n) is 3.28. The van der Waals surface area contributed by atoms with Gasteiger partial charge in [-0.1, -0.05) is 31.0 Å². The second-order valence-corrected chi connectivity index (χ2v) is 6.90. The number of ether oxygens (including phenoxy) is 1. The number of carbonyl (C=O) groups excluding carboxylic acids is 1. The van der Waals surface area contributed by atoms with Crippen molar-refractivity contribution in [3.63, 3.8) is 0 Å². The van der Waals surface area contributed by atoms with Gasteiger partial charge in [0.2, 0.25) is 5.91 Å². The fraction of sp³-hybridized carbons (Fsp3) is 0.500. The smallest absolute Gasteiger partial charge is 0.330 e. The quantitative estimate of drug-likeness (QED) is 0.660. The van der Waals surface area contributed by atoms with Gasteiger partial charge in [-0.2, -0.15) is 0 Å². The Morgan fingerprint density at radius 1 is 1.43 bits per heavy atom. The molecular formula is C16H22ClNO4S. The van der Waals surface area contributed by atoms with Crippen LogP contribution in [0.2, 0.25) is 5.02 Å². The molecule has 0 saturated heterocycles. The predicted molar refractivity (Wildman–Crippen MR) is 93.4 cm³/mol. The molecule has 2 atom stereocenters. The van der Waals surface area contributed by atoms with Crippen LogP contribution < -0.4 is 10.1 Å². The first-order valence-electron chi connectivity index (χ1n) is 7.38. The van der Waals surface area contributed by atoms with Gasteiger partial charge in [0.15, 0.2) is 6.04 Å². The summed E-state index contributed by atoms with van der Waals surface area (Å²) in [4.78, 5) is 23.7. The summed E-state index contributed by atoms with van der Waals surface area (Å²) in [6.45, 7) is 3.86. The lowest BCUT2D eigenvalue weighted by Gasteiger charge is -2.18. The van der Waals surface area contributed by atoms with Gasteiger partial charge >= 0.3 is 5.97 Å². The molecule has 2 N–H and O–H groups in total. The summed E-state index contributed by atoms with van der Waals surface area (Å²) in [7, 11) is 1.48. The van der Waals surface area contributed by atoms with Crippen LogP contribution in [0.25, 0.3) is 0 Å². The van der Waals surface area contributed by atoms with Crippen LogP contribution in [0.4, 0.5) is 0 Å². The molecule has 1 rings (SSSR count). The number of hydrogen-bond acceptors (Lipinski definition) is 4. The van der Waals surface area contributed by atoms with Crippen LogP contribution in [0, 0.1) is 0 Å². The number of aliphatic carboxylic acids is 1. The molecule has 1 aromatic carbocycles. The van der Waals surface area contributed by atoms with Crippen molar-refractivity contribution in [2.75, 3.05) is 12.9 Å². The van der Waals surface area contributed by atoms with Crippen LogP contribution in [-0.4, -0.2) is 35.1 Å². The second-order valence-electron chi connectivity index (χ2n) is 5.04. The molecule has 7 heteroatoms. The Hall–Kier alpha value is -1.40. The average Bonchev–Trinajstić information content (AvgIpc) is 2.52.